The van der Waals surface area contributed by atoms with Gasteiger partial charge >= 0.3 is 0 Å². The van der Waals surface area contributed by atoms with E-state index in [0.717, 1.165) is 11.1 Å². The summed E-state index contributed by atoms with van der Waals surface area (Å²) in [5.41, 5.74) is 1.96. The first-order valence-electron chi connectivity index (χ1n) is 10.3. The number of hydrogen-bond acceptors (Lipinski definition) is 6. The number of aromatic nitrogens is 2. The number of carbonyl (C=O) groups is 2. The van der Waals surface area contributed by atoms with Crippen LogP contribution in [0.1, 0.15) is 35.2 Å². The highest BCUT2D eigenvalue weighted by molar-refractivity contribution is 5.79. The maximum Gasteiger partial charge on any atom is 0.258 e. The number of ether oxygens (including phenoxy) is 1. The smallest absolute Gasteiger partial charge is 0.258 e. The molecule has 2 amide bonds. The van der Waals surface area contributed by atoms with Crippen LogP contribution in [0.5, 0.6) is 5.75 Å². The molecule has 1 aliphatic heterocycles. The van der Waals surface area contributed by atoms with Gasteiger partial charge in [-0.3, -0.25) is 9.59 Å². The molecule has 0 radical (unpaired) electrons. The molecule has 2 aromatic carbocycles. The number of carbonyl (C=O) groups excluding carboxylic acids is 2. The normalized spacial score (nSPS) is 15.8. The number of rotatable bonds is 8. The van der Waals surface area contributed by atoms with E-state index in [-0.39, 0.29) is 49.0 Å². The fourth-order valence-corrected chi connectivity index (χ4v) is 3.42. The van der Waals surface area contributed by atoms with Crippen LogP contribution >= 0.6 is 0 Å². The number of halogens is 1. The first-order valence-corrected chi connectivity index (χ1v) is 10.3. The maximum atomic E-state index is 13.1. The highest BCUT2D eigenvalue weighted by atomic mass is 19.1. The SMILES string of the molecule is Cc1ccc(OCC(=O)NCc2nc([C@H]3CC(=O)N(Cc4ccc(F)cc4)C3)no2)cc1. The van der Waals surface area contributed by atoms with E-state index in [1.807, 2.05) is 19.1 Å². The first kappa shape index (κ1) is 21.5. The van der Waals surface area contributed by atoms with Crippen LogP contribution in [0.2, 0.25) is 0 Å². The molecule has 1 atom stereocenters. The Kier molecular flexibility index (Phi) is 6.44. The number of benzene rings is 2. The zero-order valence-corrected chi connectivity index (χ0v) is 17.6. The monoisotopic (exact) mass is 438 g/mol. The predicted molar refractivity (Wildman–Crippen MR) is 112 cm³/mol. The number of aryl methyl sites for hydroxylation is 1. The summed E-state index contributed by atoms with van der Waals surface area (Å²) in [6, 6.07) is 13.5. The van der Waals surface area contributed by atoms with Crippen molar-refractivity contribution in [2.45, 2.75) is 32.4 Å². The van der Waals surface area contributed by atoms with Gasteiger partial charge in [0.25, 0.3) is 5.91 Å². The number of hydrogen-bond donors (Lipinski definition) is 1. The largest absolute Gasteiger partial charge is 0.484 e. The van der Waals surface area contributed by atoms with E-state index in [2.05, 4.69) is 15.5 Å². The molecule has 0 spiro atoms. The lowest BCUT2D eigenvalue weighted by Gasteiger charge is -2.16. The van der Waals surface area contributed by atoms with E-state index < -0.39 is 0 Å². The van der Waals surface area contributed by atoms with Crippen molar-refractivity contribution >= 4 is 11.8 Å². The molecule has 8 nitrogen and oxygen atoms in total. The van der Waals surface area contributed by atoms with Crippen molar-refractivity contribution < 1.29 is 23.2 Å². The fourth-order valence-electron chi connectivity index (χ4n) is 3.42. The van der Waals surface area contributed by atoms with Crippen molar-refractivity contribution in [2.75, 3.05) is 13.2 Å². The van der Waals surface area contributed by atoms with Crippen LogP contribution in [0.4, 0.5) is 4.39 Å². The zero-order valence-electron chi connectivity index (χ0n) is 17.6. The van der Waals surface area contributed by atoms with Crippen molar-refractivity contribution in [1.29, 1.82) is 0 Å². The van der Waals surface area contributed by atoms with Crippen LogP contribution in [0.25, 0.3) is 0 Å². The van der Waals surface area contributed by atoms with E-state index in [1.165, 1.54) is 12.1 Å². The van der Waals surface area contributed by atoms with Gasteiger partial charge in [0.05, 0.1) is 6.54 Å². The van der Waals surface area contributed by atoms with Crippen molar-refractivity contribution in [3.63, 3.8) is 0 Å². The topological polar surface area (TPSA) is 97.6 Å². The van der Waals surface area contributed by atoms with E-state index in [4.69, 9.17) is 9.26 Å². The summed E-state index contributed by atoms with van der Waals surface area (Å²) in [5.74, 6) is 0.461. The molecule has 3 aromatic rings. The molecule has 32 heavy (non-hydrogen) atoms. The Morgan fingerprint density at radius 1 is 1.22 bits per heavy atom. The number of likely N-dealkylation sites (tertiary alicyclic amines) is 1. The van der Waals surface area contributed by atoms with Gasteiger partial charge in [-0.2, -0.15) is 4.98 Å². The molecule has 166 valence electrons. The van der Waals surface area contributed by atoms with Crippen LogP contribution in [0.3, 0.4) is 0 Å². The third kappa shape index (κ3) is 5.48. The van der Waals surface area contributed by atoms with Crippen LogP contribution in [-0.2, 0) is 22.7 Å². The van der Waals surface area contributed by atoms with Gasteiger partial charge in [0, 0.05) is 25.4 Å². The third-order valence-electron chi connectivity index (χ3n) is 5.18. The Labute approximate surface area is 184 Å². The molecule has 0 aliphatic carbocycles. The fraction of sp³-hybridized carbons (Fsp3) is 0.304. The minimum absolute atomic E-state index is 0.0211. The lowest BCUT2D eigenvalue weighted by atomic mass is 10.1. The average molecular weight is 438 g/mol. The minimum Gasteiger partial charge on any atom is -0.484 e. The highest BCUT2D eigenvalue weighted by Crippen LogP contribution is 2.27. The molecular formula is C23H23FN4O4. The van der Waals surface area contributed by atoms with E-state index >= 15 is 0 Å². The molecular weight excluding hydrogens is 415 g/mol. The molecule has 4 rings (SSSR count). The average Bonchev–Trinajstić information content (AvgIpc) is 3.40. The van der Waals surface area contributed by atoms with Crippen LogP contribution in [0, 0.1) is 12.7 Å². The summed E-state index contributed by atoms with van der Waals surface area (Å²) >= 11 is 0. The van der Waals surface area contributed by atoms with Crippen molar-refractivity contribution in [3.8, 4) is 5.75 Å². The second-order valence-electron chi connectivity index (χ2n) is 7.73. The quantitative estimate of drug-likeness (QED) is 0.581. The molecule has 0 unspecified atom stereocenters. The molecule has 0 bridgehead atoms. The molecule has 0 saturated carbocycles. The highest BCUT2D eigenvalue weighted by Gasteiger charge is 2.33. The van der Waals surface area contributed by atoms with Crippen molar-refractivity contribution in [3.05, 3.63) is 77.2 Å². The minimum atomic E-state index is -0.313. The summed E-state index contributed by atoms with van der Waals surface area (Å²) in [5, 5.41) is 6.64. The second kappa shape index (κ2) is 9.59. The summed E-state index contributed by atoms with van der Waals surface area (Å²) in [7, 11) is 0. The van der Waals surface area contributed by atoms with E-state index in [1.54, 1.807) is 29.2 Å². The number of amides is 2. The van der Waals surface area contributed by atoms with Gasteiger partial charge in [-0.25, -0.2) is 4.39 Å². The van der Waals surface area contributed by atoms with Gasteiger partial charge in [-0.05, 0) is 36.8 Å². The summed E-state index contributed by atoms with van der Waals surface area (Å²) < 4.78 is 23.7. The lowest BCUT2D eigenvalue weighted by Crippen LogP contribution is -2.28. The van der Waals surface area contributed by atoms with Crippen LogP contribution in [0.15, 0.2) is 53.1 Å². The summed E-state index contributed by atoms with van der Waals surface area (Å²) in [6.07, 6.45) is 0.275. The molecule has 1 fully saturated rings. The Morgan fingerprint density at radius 2 is 1.97 bits per heavy atom. The van der Waals surface area contributed by atoms with Gasteiger partial charge in [0.1, 0.15) is 11.6 Å². The number of nitrogens with zero attached hydrogens (tertiary/aromatic N) is 3. The lowest BCUT2D eigenvalue weighted by molar-refractivity contribution is -0.128. The Bertz CT molecular complexity index is 1080. The molecule has 1 aromatic heterocycles. The summed E-state index contributed by atoms with van der Waals surface area (Å²) in [4.78, 5) is 30.4. The van der Waals surface area contributed by atoms with Gasteiger partial charge < -0.3 is 19.5 Å². The Balaban J connectivity index is 1.25. The molecule has 9 heteroatoms. The number of nitrogens with one attached hydrogen (secondary N) is 1. The molecule has 1 aliphatic rings. The van der Waals surface area contributed by atoms with Gasteiger partial charge in [0.2, 0.25) is 11.8 Å². The zero-order chi connectivity index (χ0) is 22.5. The Morgan fingerprint density at radius 3 is 2.72 bits per heavy atom. The second-order valence-corrected chi connectivity index (χ2v) is 7.73. The first-order chi connectivity index (χ1) is 15.5. The van der Waals surface area contributed by atoms with Crippen LogP contribution < -0.4 is 10.1 Å². The molecule has 1 N–H and O–H groups in total. The summed E-state index contributed by atoms with van der Waals surface area (Å²) in [6.45, 7) is 2.77. The Hall–Kier alpha value is -3.75. The third-order valence-corrected chi connectivity index (χ3v) is 5.18. The predicted octanol–water partition coefficient (Wildman–Crippen LogP) is 2.73. The van der Waals surface area contributed by atoms with E-state index in [0.29, 0.717) is 24.7 Å². The van der Waals surface area contributed by atoms with Crippen molar-refractivity contribution in [2.24, 2.45) is 0 Å². The van der Waals surface area contributed by atoms with Crippen LogP contribution in [-0.4, -0.2) is 40.0 Å². The van der Waals surface area contributed by atoms with Crippen molar-refractivity contribution in [1.82, 2.24) is 20.4 Å². The van der Waals surface area contributed by atoms with Gasteiger partial charge in [-0.1, -0.05) is 35.0 Å². The van der Waals surface area contributed by atoms with Gasteiger partial charge in [0.15, 0.2) is 12.4 Å². The standard InChI is InChI=1S/C23H23FN4O4/c1-15-2-8-19(9-3-15)31-14-20(29)25-11-21-26-23(27-32-21)17-10-22(30)28(13-17)12-16-4-6-18(24)7-5-16/h2-9,17H,10-14H2,1H3,(H,25,29)/t17-/m0/s1. The van der Waals surface area contributed by atoms with Gasteiger partial charge in [-0.15, -0.1) is 0 Å². The van der Waals surface area contributed by atoms with E-state index in [9.17, 15) is 14.0 Å². The molecule has 1 saturated heterocycles. The maximum absolute atomic E-state index is 13.1. The molecule has 2 heterocycles.